The van der Waals surface area contributed by atoms with Gasteiger partial charge < -0.3 is 5.32 Å². The fraction of sp³-hybridized carbons (Fsp3) is 1.00. The van der Waals surface area contributed by atoms with Gasteiger partial charge in [0.15, 0.2) is 0 Å². The Balaban J connectivity index is 0. The summed E-state index contributed by atoms with van der Waals surface area (Å²) in [5.41, 5.74) is 0. The minimum atomic E-state index is 0. The second-order valence-corrected chi connectivity index (χ2v) is 3.25. The molecule has 4 heteroatoms. The Labute approximate surface area is 87.9 Å². The molecule has 1 aliphatic rings. The van der Waals surface area contributed by atoms with Gasteiger partial charge >= 0.3 is 0 Å². The van der Waals surface area contributed by atoms with Crippen molar-refractivity contribution in [3.63, 3.8) is 0 Å². The molecule has 1 saturated heterocycles. The Kier molecular flexibility index (Phi) is 8.69. The van der Waals surface area contributed by atoms with Crippen molar-refractivity contribution in [2.75, 3.05) is 19.6 Å². The second kappa shape index (κ2) is 6.96. The van der Waals surface area contributed by atoms with E-state index in [0.717, 1.165) is 12.6 Å². The number of halogens is 2. The molecule has 1 heterocycles. The van der Waals surface area contributed by atoms with Gasteiger partial charge in [0, 0.05) is 25.2 Å². The molecule has 0 unspecified atom stereocenters. The van der Waals surface area contributed by atoms with Crippen molar-refractivity contribution in [3.8, 4) is 0 Å². The summed E-state index contributed by atoms with van der Waals surface area (Å²) < 4.78 is 0. The molecule has 1 rings (SSSR count). The molecule has 76 valence electrons. The SMILES string of the molecule is CCN1C[C@H](C)NC[C@H]1C.Cl.Cl. The van der Waals surface area contributed by atoms with E-state index in [2.05, 4.69) is 31.0 Å². The monoisotopic (exact) mass is 214 g/mol. The van der Waals surface area contributed by atoms with Gasteiger partial charge in [0.1, 0.15) is 0 Å². The third-order valence-electron chi connectivity index (χ3n) is 2.30. The van der Waals surface area contributed by atoms with E-state index >= 15 is 0 Å². The minimum absolute atomic E-state index is 0. The number of nitrogens with one attached hydrogen (secondary N) is 1. The van der Waals surface area contributed by atoms with Gasteiger partial charge in [-0.15, -0.1) is 24.8 Å². The van der Waals surface area contributed by atoms with Gasteiger partial charge in [-0.3, -0.25) is 4.90 Å². The Morgan fingerprint density at radius 3 is 2.33 bits per heavy atom. The van der Waals surface area contributed by atoms with Gasteiger partial charge in [0.2, 0.25) is 0 Å². The van der Waals surface area contributed by atoms with Crippen molar-refractivity contribution < 1.29 is 0 Å². The Morgan fingerprint density at radius 2 is 1.92 bits per heavy atom. The third kappa shape index (κ3) is 3.94. The maximum atomic E-state index is 3.45. The lowest BCUT2D eigenvalue weighted by molar-refractivity contribution is 0.154. The predicted molar refractivity (Wildman–Crippen MR) is 58.7 cm³/mol. The molecule has 0 bridgehead atoms. The van der Waals surface area contributed by atoms with Crippen LogP contribution in [0.3, 0.4) is 0 Å². The Hall–Kier alpha value is 0.500. The van der Waals surface area contributed by atoms with Gasteiger partial charge in [-0.05, 0) is 20.4 Å². The molecule has 0 radical (unpaired) electrons. The van der Waals surface area contributed by atoms with Crippen molar-refractivity contribution >= 4 is 24.8 Å². The molecule has 0 spiro atoms. The second-order valence-electron chi connectivity index (χ2n) is 3.25. The number of nitrogens with zero attached hydrogens (tertiary/aromatic N) is 1. The van der Waals surface area contributed by atoms with E-state index in [4.69, 9.17) is 0 Å². The van der Waals surface area contributed by atoms with Crippen molar-refractivity contribution in [1.82, 2.24) is 10.2 Å². The number of piperazine rings is 1. The maximum Gasteiger partial charge on any atom is 0.0193 e. The van der Waals surface area contributed by atoms with Crippen LogP contribution in [-0.2, 0) is 0 Å². The van der Waals surface area contributed by atoms with Crippen LogP contribution in [0, 0.1) is 0 Å². The smallest absolute Gasteiger partial charge is 0.0193 e. The van der Waals surface area contributed by atoms with Gasteiger partial charge in [-0.1, -0.05) is 6.92 Å². The molecule has 0 aromatic carbocycles. The topological polar surface area (TPSA) is 15.3 Å². The summed E-state index contributed by atoms with van der Waals surface area (Å²) in [4.78, 5) is 2.52. The fourth-order valence-corrected chi connectivity index (χ4v) is 1.54. The van der Waals surface area contributed by atoms with E-state index in [0.29, 0.717) is 6.04 Å². The van der Waals surface area contributed by atoms with Crippen LogP contribution >= 0.6 is 24.8 Å². The van der Waals surface area contributed by atoms with Crippen molar-refractivity contribution in [2.24, 2.45) is 0 Å². The quantitative estimate of drug-likeness (QED) is 0.713. The summed E-state index contributed by atoms with van der Waals surface area (Å²) in [5.74, 6) is 0. The normalized spacial score (nSPS) is 30.2. The molecule has 2 atom stereocenters. The summed E-state index contributed by atoms with van der Waals surface area (Å²) in [6, 6.07) is 1.40. The highest BCUT2D eigenvalue weighted by Crippen LogP contribution is 2.04. The van der Waals surface area contributed by atoms with E-state index in [1.165, 1.54) is 13.1 Å². The minimum Gasteiger partial charge on any atom is -0.311 e. The molecule has 0 aromatic rings. The van der Waals surface area contributed by atoms with E-state index in [9.17, 15) is 0 Å². The first-order valence-electron chi connectivity index (χ1n) is 4.21. The van der Waals surface area contributed by atoms with Crippen molar-refractivity contribution in [3.05, 3.63) is 0 Å². The summed E-state index contributed by atoms with van der Waals surface area (Å²) in [6.45, 7) is 10.3. The van der Waals surface area contributed by atoms with E-state index in [-0.39, 0.29) is 24.8 Å². The molecule has 12 heavy (non-hydrogen) atoms. The van der Waals surface area contributed by atoms with Gasteiger partial charge in [-0.2, -0.15) is 0 Å². The zero-order valence-electron chi connectivity index (χ0n) is 8.04. The van der Waals surface area contributed by atoms with Crippen LogP contribution in [0.4, 0.5) is 0 Å². The highest BCUT2D eigenvalue weighted by molar-refractivity contribution is 5.85. The summed E-state index contributed by atoms with van der Waals surface area (Å²) in [6.07, 6.45) is 0. The first-order chi connectivity index (χ1) is 4.74. The first kappa shape index (κ1) is 15.0. The van der Waals surface area contributed by atoms with Crippen molar-refractivity contribution in [1.29, 1.82) is 0 Å². The standard InChI is InChI=1S/C8H18N2.2ClH/c1-4-10-6-7(2)9-5-8(10)3;;/h7-9H,4-6H2,1-3H3;2*1H/t7-,8+;;/m0../s1. The molecule has 0 aliphatic carbocycles. The lowest BCUT2D eigenvalue weighted by atomic mass is 10.1. The number of hydrogen-bond donors (Lipinski definition) is 1. The zero-order chi connectivity index (χ0) is 7.56. The van der Waals surface area contributed by atoms with E-state index in [1.54, 1.807) is 0 Å². The van der Waals surface area contributed by atoms with Gasteiger partial charge in [-0.25, -0.2) is 0 Å². The zero-order valence-corrected chi connectivity index (χ0v) is 9.67. The predicted octanol–water partition coefficient (Wildman–Crippen LogP) is 1.53. The molecule has 1 fully saturated rings. The summed E-state index contributed by atoms with van der Waals surface area (Å²) in [5, 5.41) is 3.45. The fourth-order valence-electron chi connectivity index (χ4n) is 1.54. The van der Waals surface area contributed by atoms with Crippen LogP contribution in [0.1, 0.15) is 20.8 Å². The maximum absolute atomic E-state index is 3.45. The average molecular weight is 215 g/mol. The number of rotatable bonds is 1. The van der Waals surface area contributed by atoms with Crippen LogP contribution in [-0.4, -0.2) is 36.6 Å². The van der Waals surface area contributed by atoms with Gasteiger partial charge in [0.05, 0.1) is 0 Å². The third-order valence-corrected chi connectivity index (χ3v) is 2.30. The molecule has 1 aliphatic heterocycles. The Bertz CT molecular complexity index is 111. The highest BCUT2D eigenvalue weighted by atomic mass is 35.5. The number of hydrogen-bond acceptors (Lipinski definition) is 2. The van der Waals surface area contributed by atoms with Crippen molar-refractivity contribution in [2.45, 2.75) is 32.9 Å². The Morgan fingerprint density at radius 1 is 1.33 bits per heavy atom. The summed E-state index contributed by atoms with van der Waals surface area (Å²) >= 11 is 0. The molecular weight excluding hydrogens is 195 g/mol. The van der Waals surface area contributed by atoms with Crippen LogP contribution in [0.15, 0.2) is 0 Å². The molecule has 2 nitrogen and oxygen atoms in total. The molecular formula is C8H20Cl2N2. The van der Waals surface area contributed by atoms with E-state index < -0.39 is 0 Å². The summed E-state index contributed by atoms with van der Waals surface area (Å²) in [7, 11) is 0. The van der Waals surface area contributed by atoms with Gasteiger partial charge in [0.25, 0.3) is 0 Å². The molecule has 1 N–H and O–H groups in total. The lowest BCUT2D eigenvalue weighted by Gasteiger charge is -2.36. The van der Waals surface area contributed by atoms with Crippen LogP contribution in [0.25, 0.3) is 0 Å². The molecule has 0 amide bonds. The average Bonchev–Trinajstić information content (AvgIpc) is 1.94. The molecule has 0 aromatic heterocycles. The lowest BCUT2D eigenvalue weighted by Crippen LogP contribution is -2.53. The van der Waals surface area contributed by atoms with Crippen LogP contribution < -0.4 is 5.32 Å². The first-order valence-corrected chi connectivity index (χ1v) is 4.21. The van der Waals surface area contributed by atoms with E-state index in [1.807, 2.05) is 0 Å². The van der Waals surface area contributed by atoms with Crippen LogP contribution in [0.2, 0.25) is 0 Å². The number of likely N-dealkylation sites (N-methyl/N-ethyl adjacent to an activating group) is 1. The highest BCUT2D eigenvalue weighted by Gasteiger charge is 2.19. The largest absolute Gasteiger partial charge is 0.311 e. The molecule has 0 saturated carbocycles. The van der Waals surface area contributed by atoms with Crippen LogP contribution in [0.5, 0.6) is 0 Å².